The van der Waals surface area contributed by atoms with Gasteiger partial charge in [-0.15, -0.1) is 36.2 Å². The molecule has 0 saturated carbocycles. The molecule has 120 valence electrons. The van der Waals surface area contributed by atoms with Crippen LogP contribution in [0.25, 0.3) is 11.3 Å². The maximum atomic E-state index is 5.03. The van der Waals surface area contributed by atoms with E-state index in [0.29, 0.717) is 11.8 Å². The lowest BCUT2D eigenvalue weighted by molar-refractivity contribution is 0.411. The van der Waals surface area contributed by atoms with Crippen LogP contribution in [0.4, 0.5) is 0 Å². The number of halogens is 2. The number of aromatic nitrogens is 1. The van der Waals surface area contributed by atoms with Gasteiger partial charge in [-0.25, -0.2) is 4.98 Å². The molecule has 2 atom stereocenters. The van der Waals surface area contributed by atoms with Crippen molar-refractivity contribution >= 4 is 36.2 Å². The van der Waals surface area contributed by atoms with Crippen molar-refractivity contribution in [2.75, 3.05) is 20.1 Å². The molecule has 1 aromatic carbocycles. The molecule has 2 aliphatic rings. The Morgan fingerprint density at radius 3 is 2.73 bits per heavy atom. The molecule has 2 nitrogen and oxygen atoms in total. The van der Waals surface area contributed by atoms with E-state index in [9.17, 15) is 0 Å². The van der Waals surface area contributed by atoms with Gasteiger partial charge in [0.25, 0.3) is 0 Å². The quantitative estimate of drug-likeness (QED) is 0.733. The smallest absolute Gasteiger partial charge is 0.0979 e. The number of benzene rings is 1. The lowest BCUT2D eigenvalue weighted by atomic mass is 9.86. The number of fused-ring (bicyclic) bond motifs is 3. The van der Waals surface area contributed by atoms with Gasteiger partial charge in [0.1, 0.15) is 0 Å². The lowest BCUT2D eigenvalue weighted by Gasteiger charge is -2.21. The third-order valence-electron chi connectivity index (χ3n) is 4.69. The first-order valence-electron chi connectivity index (χ1n) is 7.50. The van der Waals surface area contributed by atoms with Crippen LogP contribution in [0.2, 0.25) is 0 Å². The molecular weight excluding hydrogens is 335 g/mol. The van der Waals surface area contributed by atoms with E-state index in [1.807, 2.05) is 11.3 Å². The van der Waals surface area contributed by atoms with Gasteiger partial charge in [0.05, 0.1) is 10.7 Å². The van der Waals surface area contributed by atoms with Crippen LogP contribution in [-0.2, 0) is 6.42 Å². The normalized spacial score (nSPS) is 23.2. The van der Waals surface area contributed by atoms with E-state index >= 15 is 0 Å². The summed E-state index contributed by atoms with van der Waals surface area (Å²) in [6, 6.07) is 8.81. The van der Waals surface area contributed by atoms with E-state index in [2.05, 4.69) is 43.1 Å². The second-order valence-electron chi connectivity index (χ2n) is 6.26. The Balaban J connectivity index is 0.000000882. The van der Waals surface area contributed by atoms with Crippen molar-refractivity contribution in [3.05, 3.63) is 39.7 Å². The standard InChI is InChI=1S/C17H20N2S.2ClH/c1-11-9-15-16(14-6-4-3-5-13(11)14)18-17(20-15)12-7-8-19(2)10-12;;/h3-6,11-12H,7-10H2,1-2H3;2*1H. The first-order chi connectivity index (χ1) is 9.72. The summed E-state index contributed by atoms with van der Waals surface area (Å²) < 4.78 is 0. The maximum absolute atomic E-state index is 5.03. The van der Waals surface area contributed by atoms with Crippen LogP contribution in [0.3, 0.4) is 0 Å². The minimum atomic E-state index is 0. The summed E-state index contributed by atoms with van der Waals surface area (Å²) in [4.78, 5) is 8.95. The molecule has 0 radical (unpaired) electrons. The first-order valence-corrected chi connectivity index (χ1v) is 8.31. The van der Waals surface area contributed by atoms with E-state index < -0.39 is 0 Å². The van der Waals surface area contributed by atoms with E-state index in [-0.39, 0.29) is 24.8 Å². The number of hydrogen-bond acceptors (Lipinski definition) is 3. The lowest BCUT2D eigenvalue weighted by Crippen LogP contribution is -2.13. The van der Waals surface area contributed by atoms with E-state index in [4.69, 9.17) is 4.98 Å². The second-order valence-corrected chi connectivity index (χ2v) is 7.38. The largest absolute Gasteiger partial charge is 0.306 e. The topological polar surface area (TPSA) is 16.1 Å². The third kappa shape index (κ3) is 2.92. The molecule has 2 heterocycles. The van der Waals surface area contributed by atoms with Crippen LogP contribution >= 0.6 is 36.2 Å². The van der Waals surface area contributed by atoms with Crippen LogP contribution in [-0.4, -0.2) is 30.0 Å². The van der Waals surface area contributed by atoms with Crippen LogP contribution in [0.5, 0.6) is 0 Å². The van der Waals surface area contributed by atoms with Crippen molar-refractivity contribution in [2.24, 2.45) is 0 Å². The van der Waals surface area contributed by atoms with Gasteiger partial charge < -0.3 is 4.90 Å². The maximum Gasteiger partial charge on any atom is 0.0979 e. The second kappa shape index (κ2) is 6.88. The SMILES string of the molecule is CC1Cc2sc(C3CCN(C)C3)nc2-c2ccccc21.Cl.Cl. The van der Waals surface area contributed by atoms with Crippen molar-refractivity contribution in [3.63, 3.8) is 0 Å². The molecule has 0 N–H and O–H groups in total. The molecule has 1 aliphatic heterocycles. The highest BCUT2D eigenvalue weighted by Gasteiger charge is 2.29. The Labute approximate surface area is 148 Å². The molecule has 1 aromatic heterocycles. The zero-order chi connectivity index (χ0) is 13.7. The molecule has 2 unspecified atom stereocenters. The summed E-state index contributed by atoms with van der Waals surface area (Å²) >= 11 is 1.96. The summed E-state index contributed by atoms with van der Waals surface area (Å²) in [6.07, 6.45) is 2.42. The fourth-order valence-electron chi connectivity index (χ4n) is 3.56. The summed E-state index contributed by atoms with van der Waals surface area (Å²) in [7, 11) is 2.21. The summed E-state index contributed by atoms with van der Waals surface area (Å²) in [5.41, 5.74) is 4.11. The van der Waals surface area contributed by atoms with Crippen molar-refractivity contribution in [2.45, 2.75) is 31.6 Å². The summed E-state index contributed by atoms with van der Waals surface area (Å²) in [5, 5.41) is 1.36. The van der Waals surface area contributed by atoms with Crippen molar-refractivity contribution in [3.8, 4) is 11.3 Å². The number of likely N-dealkylation sites (N-methyl/N-ethyl adjacent to an activating group) is 1. The average molecular weight is 357 g/mol. The molecule has 4 rings (SSSR count). The van der Waals surface area contributed by atoms with E-state index in [1.165, 1.54) is 46.2 Å². The molecule has 1 fully saturated rings. The van der Waals surface area contributed by atoms with Gasteiger partial charge in [-0.2, -0.15) is 0 Å². The predicted octanol–water partition coefficient (Wildman–Crippen LogP) is 4.73. The predicted molar refractivity (Wildman–Crippen MR) is 99.0 cm³/mol. The molecule has 5 heteroatoms. The van der Waals surface area contributed by atoms with Crippen LogP contribution in [0, 0.1) is 0 Å². The highest BCUT2D eigenvalue weighted by molar-refractivity contribution is 7.12. The van der Waals surface area contributed by atoms with E-state index in [1.54, 1.807) is 0 Å². The zero-order valence-electron chi connectivity index (χ0n) is 12.9. The average Bonchev–Trinajstić information content (AvgIpc) is 3.05. The van der Waals surface area contributed by atoms with E-state index in [0.717, 1.165) is 6.42 Å². The minimum absolute atomic E-state index is 0. The van der Waals surface area contributed by atoms with Gasteiger partial charge in [0.2, 0.25) is 0 Å². The number of hydrogen-bond donors (Lipinski definition) is 0. The molecule has 1 aliphatic carbocycles. The summed E-state index contributed by atoms with van der Waals surface area (Å²) in [6.45, 7) is 4.72. The Morgan fingerprint density at radius 2 is 2.00 bits per heavy atom. The summed E-state index contributed by atoms with van der Waals surface area (Å²) in [5.74, 6) is 1.27. The molecule has 2 aromatic rings. The third-order valence-corrected chi connectivity index (χ3v) is 5.93. The number of nitrogens with zero attached hydrogens (tertiary/aromatic N) is 2. The number of thiazole rings is 1. The van der Waals surface area contributed by atoms with Gasteiger partial charge in [0, 0.05) is 22.9 Å². The van der Waals surface area contributed by atoms with Crippen molar-refractivity contribution in [1.82, 2.24) is 9.88 Å². The molecule has 0 bridgehead atoms. The van der Waals surface area contributed by atoms with Crippen molar-refractivity contribution in [1.29, 1.82) is 0 Å². The fraction of sp³-hybridized carbons (Fsp3) is 0.471. The number of likely N-dealkylation sites (tertiary alicyclic amines) is 1. The van der Waals surface area contributed by atoms with Gasteiger partial charge >= 0.3 is 0 Å². The Morgan fingerprint density at radius 1 is 1.23 bits per heavy atom. The van der Waals surface area contributed by atoms with Crippen LogP contribution in [0.15, 0.2) is 24.3 Å². The molecular formula is C17H22Cl2N2S. The van der Waals surface area contributed by atoms with Crippen molar-refractivity contribution < 1.29 is 0 Å². The molecule has 0 spiro atoms. The molecule has 0 amide bonds. The Kier molecular flexibility index (Phi) is 5.54. The Bertz CT molecular complexity index is 656. The molecule has 22 heavy (non-hydrogen) atoms. The highest BCUT2D eigenvalue weighted by atomic mass is 35.5. The fourth-order valence-corrected chi connectivity index (χ4v) is 4.89. The van der Waals surface area contributed by atoms with Gasteiger partial charge in [-0.1, -0.05) is 31.2 Å². The monoisotopic (exact) mass is 356 g/mol. The van der Waals surface area contributed by atoms with Gasteiger partial charge in [0.15, 0.2) is 0 Å². The molecule has 1 saturated heterocycles. The number of rotatable bonds is 1. The van der Waals surface area contributed by atoms with Gasteiger partial charge in [-0.3, -0.25) is 0 Å². The van der Waals surface area contributed by atoms with Gasteiger partial charge in [-0.05, 0) is 37.9 Å². The van der Waals surface area contributed by atoms with Crippen LogP contribution < -0.4 is 0 Å². The zero-order valence-corrected chi connectivity index (χ0v) is 15.4. The first kappa shape index (κ1) is 17.7. The Hall–Kier alpha value is -0.610. The minimum Gasteiger partial charge on any atom is -0.306 e. The highest BCUT2D eigenvalue weighted by Crippen LogP contribution is 2.43. The van der Waals surface area contributed by atoms with Crippen LogP contribution in [0.1, 0.15) is 40.6 Å².